The van der Waals surface area contributed by atoms with Crippen molar-refractivity contribution in [3.8, 4) is 0 Å². The lowest BCUT2D eigenvalue weighted by Gasteiger charge is -2.13. The monoisotopic (exact) mass is 345 g/mol. The van der Waals surface area contributed by atoms with Gasteiger partial charge >= 0.3 is 0 Å². The lowest BCUT2D eigenvalue weighted by atomic mass is 10.0. The van der Waals surface area contributed by atoms with Gasteiger partial charge in [0.2, 0.25) is 5.91 Å². The lowest BCUT2D eigenvalue weighted by Crippen LogP contribution is -2.27. The van der Waals surface area contributed by atoms with Crippen LogP contribution in [0.25, 0.3) is 0 Å². The second-order valence-corrected chi connectivity index (χ2v) is 7.40. The van der Waals surface area contributed by atoms with Gasteiger partial charge in [-0.25, -0.2) is 0 Å². The van der Waals surface area contributed by atoms with E-state index in [1.807, 2.05) is 6.07 Å². The average Bonchev–Trinajstić information content (AvgIpc) is 2.65. The topological polar surface area (TPSA) is 29.1 Å². The number of carbonyl (C=O) groups excluding carboxylic acids is 1. The van der Waals surface area contributed by atoms with E-state index in [0.717, 1.165) is 13.0 Å². The molecule has 0 spiro atoms. The molecule has 0 aliphatic carbocycles. The van der Waals surface area contributed by atoms with Crippen LogP contribution in [0, 0.1) is 0 Å². The summed E-state index contributed by atoms with van der Waals surface area (Å²) in [6, 6.07) is 10.4. The molecule has 1 N–H and O–H groups in total. The van der Waals surface area contributed by atoms with Crippen molar-refractivity contribution in [2.24, 2.45) is 0 Å². The first kappa shape index (κ1) is 21.7. The van der Waals surface area contributed by atoms with Crippen molar-refractivity contribution in [2.45, 2.75) is 96.8 Å². The van der Waals surface area contributed by atoms with Crippen LogP contribution in [0.5, 0.6) is 0 Å². The van der Waals surface area contributed by atoms with E-state index in [1.165, 1.54) is 69.8 Å². The first-order chi connectivity index (χ1) is 12.2. The number of benzene rings is 1. The first-order valence-electron chi connectivity index (χ1n) is 10.6. The molecule has 0 aromatic heterocycles. The third kappa shape index (κ3) is 11.8. The highest BCUT2D eigenvalue weighted by Gasteiger charge is 2.07. The molecule has 142 valence electrons. The minimum absolute atomic E-state index is 0.207. The lowest BCUT2D eigenvalue weighted by molar-refractivity contribution is -0.121. The van der Waals surface area contributed by atoms with Crippen LogP contribution in [0.3, 0.4) is 0 Å². The summed E-state index contributed by atoms with van der Waals surface area (Å²) in [6.45, 7) is 5.17. The molecule has 1 aromatic carbocycles. The molecule has 0 radical (unpaired) electrons. The number of nitrogens with one attached hydrogen (secondary N) is 1. The fraction of sp³-hybridized carbons (Fsp3) is 0.696. The largest absolute Gasteiger partial charge is 0.356 e. The van der Waals surface area contributed by atoms with Crippen molar-refractivity contribution < 1.29 is 4.79 Å². The Bertz CT molecular complexity index is 429. The summed E-state index contributed by atoms with van der Waals surface area (Å²) in [4.78, 5) is 11.9. The smallest absolute Gasteiger partial charge is 0.220 e. The highest BCUT2D eigenvalue weighted by atomic mass is 16.1. The average molecular weight is 346 g/mol. The number of hydrogen-bond donors (Lipinski definition) is 1. The molecule has 0 aliphatic heterocycles. The Hall–Kier alpha value is -1.31. The van der Waals surface area contributed by atoms with E-state index in [9.17, 15) is 4.79 Å². The predicted octanol–water partition coefficient (Wildman–Crippen LogP) is 6.61. The zero-order valence-corrected chi connectivity index (χ0v) is 16.6. The van der Waals surface area contributed by atoms with E-state index in [1.54, 1.807) is 0 Å². The van der Waals surface area contributed by atoms with E-state index < -0.39 is 0 Å². The minimum Gasteiger partial charge on any atom is -0.356 e. The molecule has 2 heteroatoms. The summed E-state index contributed by atoms with van der Waals surface area (Å²) in [5, 5.41) is 3.08. The minimum atomic E-state index is 0.207. The maximum atomic E-state index is 11.9. The fourth-order valence-corrected chi connectivity index (χ4v) is 3.20. The fourth-order valence-electron chi connectivity index (χ4n) is 3.20. The Kier molecular flexibility index (Phi) is 13.0. The van der Waals surface area contributed by atoms with Gasteiger partial charge in [-0.2, -0.15) is 0 Å². The van der Waals surface area contributed by atoms with Crippen LogP contribution in [-0.4, -0.2) is 12.5 Å². The molecule has 0 heterocycles. The molecule has 0 saturated carbocycles. The second-order valence-electron chi connectivity index (χ2n) is 7.40. The molecule has 1 aromatic rings. The van der Waals surface area contributed by atoms with Gasteiger partial charge in [0.1, 0.15) is 0 Å². The van der Waals surface area contributed by atoms with Gasteiger partial charge in [-0.15, -0.1) is 0 Å². The molecular weight excluding hydrogens is 306 g/mol. The predicted molar refractivity (Wildman–Crippen MR) is 109 cm³/mol. The van der Waals surface area contributed by atoms with Gasteiger partial charge < -0.3 is 5.32 Å². The third-order valence-electron chi connectivity index (χ3n) is 4.98. The normalized spacial score (nSPS) is 12.1. The van der Waals surface area contributed by atoms with Gasteiger partial charge in [-0.1, -0.05) is 108 Å². The molecule has 1 atom stereocenters. The zero-order valence-electron chi connectivity index (χ0n) is 16.6. The number of amides is 1. The van der Waals surface area contributed by atoms with Crippen LogP contribution in [0.4, 0.5) is 0 Å². The summed E-state index contributed by atoms with van der Waals surface area (Å²) < 4.78 is 0. The molecule has 25 heavy (non-hydrogen) atoms. The molecule has 1 rings (SSSR count). The summed E-state index contributed by atoms with van der Waals surface area (Å²) in [6.07, 6.45) is 15.2. The zero-order chi connectivity index (χ0) is 18.2. The SMILES string of the molecule is CCCCCCCCCCCCCC(=O)NC[C@H](C)c1ccccc1. The quantitative estimate of drug-likeness (QED) is 0.356. The second kappa shape index (κ2) is 15.0. The van der Waals surface area contributed by atoms with Crippen LogP contribution in [0.15, 0.2) is 30.3 Å². The molecular formula is C23H39NO. The first-order valence-corrected chi connectivity index (χ1v) is 10.6. The van der Waals surface area contributed by atoms with E-state index >= 15 is 0 Å². The van der Waals surface area contributed by atoms with E-state index in [4.69, 9.17) is 0 Å². The molecule has 0 bridgehead atoms. The van der Waals surface area contributed by atoms with Gasteiger partial charge in [-0.3, -0.25) is 4.79 Å². The highest BCUT2D eigenvalue weighted by molar-refractivity contribution is 5.75. The van der Waals surface area contributed by atoms with E-state index in [0.29, 0.717) is 12.3 Å². The number of carbonyl (C=O) groups is 1. The van der Waals surface area contributed by atoms with Crippen LogP contribution in [-0.2, 0) is 4.79 Å². The van der Waals surface area contributed by atoms with Crippen LogP contribution in [0.2, 0.25) is 0 Å². The highest BCUT2D eigenvalue weighted by Crippen LogP contribution is 2.14. The van der Waals surface area contributed by atoms with Crippen molar-refractivity contribution in [3.63, 3.8) is 0 Å². The maximum Gasteiger partial charge on any atom is 0.220 e. The van der Waals surface area contributed by atoms with Crippen LogP contribution in [0.1, 0.15) is 102 Å². The van der Waals surface area contributed by atoms with Crippen molar-refractivity contribution in [1.82, 2.24) is 5.32 Å². The number of unbranched alkanes of at least 4 members (excludes halogenated alkanes) is 10. The molecule has 0 saturated heterocycles. The van der Waals surface area contributed by atoms with Crippen LogP contribution < -0.4 is 5.32 Å². The van der Waals surface area contributed by atoms with Crippen molar-refractivity contribution >= 4 is 5.91 Å². The number of rotatable bonds is 15. The van der Waals surface area contributed by atoms with E-state index in [-0.39, 0.29) is 5.91 Å². The Morgan fingerprint density at radius 3 is 1.92 bits per heavy atom. The summed E-state index contributed by atoms with van der Waals surface area (Å²) >= 11 is 0. The molecule has 0 aliphatic rings. The van der Waals surface area contributed by atoms with Gasteiger partial charge in [0.25, 0.3) is 0 Å². The Labute approximate surface area is 155 Å². The Morgan fingerprint density at radius 1 is 0.840 bits per heavy atom. The Balaban J connectivity index is 1.90. The van der Waals surface area contributed by atoms with Gasteiger partial charge in [0.15, 0.2) is 0 Å². The summed E-state index contributed by atoms with van der Waals surface area (Å²) in [5.74, 6) is 0.584. The molecule has 0 fully saturated rings. The van der Waals surface area contributed by atoms with Crippen molar-refractivity contribution in [2.75, 3.05) is 6.54 Å². The summed E-state index contributed by atoms with van der Waals surface area (Å²) in [7, 11) is 0. The van der Waals surface area contributed by atoms with E-state index in [2.05, 4.69) is 43.4 Å². The van der Waals surface area contributed by atoms with Gasteiger partial charge in [-0.05, 0) is 17.9 Å². The number of hydrogen-bond acceptors (Lipinski definition) is 1. The summed E-state index contributed by atoms with van der Waals surface area (Å²) in [5.41, 5.74) is 1.29. The Morgan fingerprint density at radius 2 is 1.36 bits per heavy atom. The van der Waals surface area contributed by atoms with Gasteiger partial charge in [0.05, 0.1) is 0 Å². The van der Waals surface area contributed by atoms with Crippen LogP contribution >= 0.6 is 0 Å². The standard InChI is InChI=1S/C23H39NO/c1-3-4-5-6-7-8-9-10-11-12-16-19-23(25)24-20-21(2)22-17-14-13-15-18-22/h13-15,17-18,21H,3-12,16,19-20H2,1-2H3,(H,24,25)/t21-/m0/s1. The van der Waals surface area contributed by atoms with Gasteiger partial charge in [0, 0.05) is 13.0 Å². The van der Waals surface area contributed by atoms with Crippen molar-refractivity contribution in [1.29, 1.82) is 0 Å². The maximum absolute atomic E-state index is 11.9. The van der Waals surface area contributed by atoms with Crippen molar-refractivity contribution in [3.05, 3.63) is 35.9 Å². The molecule has 1 amide bonds. The third-order valence-corrected chi connectivity index (χ3v) is 4.98. The molecule has 0 unspecified atom stereocenters. The molecule has 2 nitrogen and oxygen atoms in total.